The molecule has 0 aliphatic rings. The van der Waals surface area contributed by atoms with Gasteiger partial charge in [-0.25, -0.2) is 0 Å². The molecule has 24 heavy (non-hydrogen) atoms. The van der Waals surface area contributed by atoms with E-state index in [0.717, 1.165) is 12.8 Å². The lowest BCUT2D eigenvalue weighted by atomic mass is 9.97. The summed E-state index contributed by atoms with van der Waals surface area (Å²) in [5.41, 5.74) is 0. The molecular weight excluding hydrogens is 308 g/mol. The molecule has 4 atom stereocenters. The zero-order valence-electron chi connectivity index (χ0n) is 15.2. The van der Waals surface area contributed by atoms with Crippen molar-refractivity contribution in [2.24, 2.45) is 5.92 Å². The van der Waals surface area contributed by atoms with E-state index in [0.29, 0.717) is 0 Å². The Morgan fingerprint density at radius 2 is 1.54 bits per heavy atom. The Morgan fingerprint density at radius 1 is 0.958 bits per heavy atom. The molecule has 0 aliphatic carbocycles. The molecule has 0 spiro atoms. The first-order chi connectivity index (χ1) is 11.4. The average molecular weight is 344 g/mol. The fraction of sp³-hybridized carbons (Fsp3) is 0.842. The van der Waals surface area contributed by atoms with Gasteiger partial charge in [0.1, 0.15) is 12.2 Å². The van der Waals surface area contributed by atoms with Gasteiger partial charge < -0.3 is 20.4 Å². The number of aliphatic hydroxyl groups is 3. The first kappa shape index (κ1) is 23.1. The number of aliphatic carboxylic acids is 1. The molecule has 0 heterocycles. The van der Waals surface area contributed by atoms with E-state index in [1.165, 1.54) is 44.6 Å². The average Bonchev–Trinajstić information content (AvgIpc) is 2.56. The fourth-order valence-corrected chi connectivity index (χ4v) is 2.51. The van der Waals surface area contributed by atoms with Crippen molar-refractivity contribution in [3.05, 3.63) is 12.2 Å². The summed E-state index contributed by atoms with van der Waals surface area (Å²) in [6.45, 7) is 3.76. The third kappa shape index (κ3) is 11.6. The number of hydrogen-bond donors (Lipinski definition) is 4. The van der Waals surface area contributed by atoms with Gasteiger partial charge in [-0.05, 0) is 25.7 Å². The van der Waals surface area contributed by atoms with Crippen LogP contribution in [0.1, 0.15) is 78.1 Å². The van der Waals surface area contributed by atoms with Crippen LogP contribution >= 0.6 is 0 Å². The first-order valence-corrected chi connectivity index (χ1v) is 9.33. The highest BCUT2D eigenvalue weighted by Gasteiger charge is 2.24. The molecule has 0 radical (unpaired) electrons. The molecule has 0 rings (SSSR count). The van der Waals surface area contributed by atoms with Gasteiger partial charge in [0.25, 0.3) is 0 Å². The van der Waals surface area contributed by atoms with Crippen molar-refractivity contribution in [3.8, 4) is 0 Å². The summed E-state index contributed by atoms with van der Waals surface area (Å²) in [6, 6.07) is 0. The maximum absolute atomic E-state index is 10.7. The number of unbranched alkanes of at least 4 members (excludes halogenated alkanes) is 7. The Kier molecular flexibility index (Phi) is 13.9. The van der Waals surface area contributed by atoms with E-state index in [1.807, 2.05) is 6.08 Å². The molecule has 4 N–H and O–H groups in total. The molecule has 0 amide bonds. The molecule has 4 unspecified atom stereocenters. The van der Waals surface area contributed by atoms with E-state index < -0.39 is 30.2 Å². The van der Waals surface area contributed by atoms with Crippen molar-refractivity contribution in [2.45, 2.75) is 96.4 Å². The van der Waals surface area contributed by atoms with E-state index in [4.69, 9.17) is 5.11 Å². The largest absolute Gasteiger partial charge is 0.481 e. The van der Waals surface area contributed by atoms with Gasteiger partial charge in [0, 0.05) is 0 Å². The summed E-state index contributed by atoms with van der Waals surface area (Å²) in [5, 5.41) is 38.3. The highest BCUT2D eigenvalue weighted by atomic mass is 16.4. The van der Waals surface area contributed by atoms with Crippen molar-refractivity contribution < 1.29 is 25.2 Å². The molecular formula is C19H36O5. The highest BCUT2D eigenvalue weighted by molar-refractivity contribution is 5.69. The maximum Gasteiger partial charge on any atom is 0.306 e. The van der Waals surface area contributed by atoms with E-state index in [2.05, 4.69) is 6.92 Å². The van der Waals surface area contributed by atoms with E-state index in [-0.39, 0.29) is 12.8 Å². The lowest BCUT2D eigenvalue weighted by Crippen LogP contribution is -2.36. The topological polar surface area (TPSA) is 98.0 Å². The zero-order chi connectivity index (χ0) is 18.4. The molecule has 0 saturated heterocycles. The van der Waals surface area contributed by atoms with Crippen molar-refractivity contribution in [3.63, 3.8) is 0 Å². The molecule has 0 saturated carbocycles. The number of allylic oxidation sites excluding steroid dienone is 1. The third-order valence-electron chi connectivity index (χ3n) is 4.37. The molecule has 0 aromatic rings. The number of carboxylic acids is 1. The maximum atomic E-state index is 10.7. The zero-order valence-corrected chi connectivity index (χ0v) is 15.2. The van der Waals surface area contributed by atoms with Crippen LogP contribution in [0.3, 0.4) is 0 Å². The van der Waals surface area contributed by atoms with Crippen molar-refractivity contribution in [1.29, 1.82) is 0 Å². The van der Waals surface area contributed by atoms with Crippen molar-refractivity contribution in [2.75, 3.05) is 0 Å². The number of aliphatic hydroxyl groups excluding tert-OH is 3. The second-order valence-electron chi connectivity index (χ2n) is 6.70. The van der Waals surface area contributed by atoms with Crippen LogP contribution in [-0.4, -0.2) is 44.7 Å². The minimum atomic E-state index is -1.28. The molecule has 0 fully saturated rings. The number of hydrogen-bond acceptors (Lipinski definition) is 4. The van der Waals surface area contributed by atoms with E-state index in [9.17, 15) is 20.1 Å². The monoisotopic (exact) mass is 344 g/mol. The third-order valence-corrected chi connectivity index (χ3v) is 4.37. The quantitative estimate of drug-likeness (QED) is 0.270. The fourth-order valence-electron chi connectivity index (χ4n) is 2.51. The van der Waals surface area contributed by atoms with Crippen LogP contribution in [0.4, 0.5) is 0 Å². The Hall–Kier alpha value is -0.910. The molecule has 0 aliphatic heterocycles. The second-order valence-corrected chi connectivity index (χ2v) is 6.70. The van der Waals surface area contributed by atoms with Crippen molar-refractivity contribution >= 4 is 5.97 Å². The van der Waals surface area contributed by atoms with Crippen LogP contribution in [0, 0.1) is 5.92 Å². The predicted octanol–water partition coefficient (Wildman–Crippen LogP) is 3.27. The van der Waals surface area contributed by atoms with Crippen LogP contribution in [0.5, 0.6) is 0 Å². The van der Waals surface area contributed by atoms with Gasteiger partial charge in [-0.2, -0.15) is 0 Å². The summed E-state index contributed by atoms with van der Waals surface area (Å²) < 4.78 is 0. The van der Waals surface area contributed by atoms with Crippen LogP contribution in [0.25, 0.3) is 0 Å². The minimum Gasteiger partial charge on any atom is -0.481 e. The SMILES string of the molecule is CCCCCCCCC/C=C\C(O)C(O)C(O)CCC(C)C(=O)O. The van der Waals surface area contributed by atoms with Gasteiger partial charge in [0.2, 0.25) is 0 Å². The summed E-state index contributed by atoms with van der Waals surface area (Å²) in [4.78, 5) is 10.7. The van der Waals surface area contributed by atoms with E-state index in [1.54, 1.807) is 6.92 Å². The van der Waals surface area contributed by atoms with E-state index >= 15 is 0 Å². The van der Waals surface area contributed by atoms with Crippen LogP contribution in [-0.2, 0) is 4.79 Å². The Morgan fingerprint density at radius 3 is 2.12 bits per heavy atom. The van der Waals surface area contributed by atoms with Gasteiger partial charge in [-0.3, -0.25) is 4.79 Å². The highest BCUT2D eigenvalue weighted by Crippen LogP contribution is 2.14. The molecule has 0 bridgehead atoms. The smallest absolute Gasteiger partial charge is 0.306 e. The first-order valence-electron chi connectivity index (χ1n) is 9.33. The number of carboxylic acid groups (broad SMARTS) is 1. The molecule has 142 valence electrons. The van der Waals surface area contributed by atoms with Crippen LogP contribution in [0.2, 0.25) is 0 Å². The molecule has 5 heteroatoms. The standard InChI is InChI=1S/C19H36O5/c1-3-4-5-6-7-8-9-10-11-12-16(20)18(22)17(21)14-13-15(2)19(23)24/h11-12,15-18,20-22H,3-10,13-14H2,1-2H3,(H,23,24)/b12-11-. The molecule has 0 aromatic heterocycles. The Balaban J connectivity index is 3.83. The minimum absolute atomic E-state index is 0.150. The summed E-state index contributed by atoms with van der Waals surface area (Å²) in [6.07, 6.45) is 9.70. The van der Waals surface area contributed by atoms with Gasteiger partial charge in [0.05, 0.1) is 12.0 Å². The number of carbonyl (C=O) groups is 1. The van der Waals surface area contributed by atoms with Gasteiger partial charge in [-0.1, -0.05) is 64.5 Å². The predicted molar refractivity (Wildman–Crippen MR) is 95.8 cm³/mol. The van der Waals surface area contributed by atoms with Crippen LogP contribution < -0.4 is 0 Å². The second kappa shape index (κ2) is 14.4. The number of rotatable bonds is 15. The van der Waals surface area contributed by atoms with Gasteiger partial charge in [-0.15, -0.1) is 0 Å². The lowest BCUT2D eigenvalue weighted by molar-refractivity contribution is -0.141. The molecule has 5 nitrogen and oxygen atoms in total. The van der Waals surface area contributed by atoms with Gasteiger partial charge in [0.15, 0.2) is 0 Å². The van der Waals surface area contributed by atoms with Crippen molar-refractivity contribution in [1.82, 2.24) is 0 Å². The Labute approximate surface area is 146 Å². The van der Waals surface area contributed by atoms with Gasteiger partial charge >= 0.3 is 5.97 Å². The lowest BCUT2D eigenvalue weighted by Gasteiger charge is -2.21. The molecule has 0 aromatic carbocycles. The van der Waals surface area contributed by atoms with Crippen LogP contribution in [0.15, 0.2) is 12.2 Å². The summed E-state index contributed by atoms with van der Waals surface area (Å²) in [7, 11) is 0. The normalized spacial score (nSPS) is 16.9. The summed E-state index contributed by atoms with van der Waals surface area (Å²) in [5.74, 6) is -1.50. The summed E-state index contributed by atoms with van der Waals surface area (Å²) >= 11 is 0. The Bertz CT molecular complexity index is 343.